The van der Waals surface area contributed by atoms with E-state index in [1.807, 2.05) is 0 Å². The lowest BCUT2D eigenvalue weighted by molar-refractivity contribution is 0.215. The van der Waals surface area contributed by atoms with Gasteiger partial charge in [0, 0.05) is 18.2 Å². The normalized spacial score (nSPS) is 18.0. The number of carbonyl (C=O) groups is 1. The summed E-state index contributed by atoms with van der Waals surface area (Å²) in [6.07, 6.45) is 1.04. The molecule has 0 spiro atoms. The second kappa shape index (κ2) is 8.45. The van der Waals surface area contributed by atoms with E-state index in [1.165, 1.54) is 10.7 Å². The van der Waals surface area contributed by atoms with Crippen LogP contribution in [0.2, 0.25) is 0 Å². The summed E-state index contributed by atoms with van der Waals surface area (Å²) in [4.78, 5) is 18.4. The zero-order chi connectivity index (χ0) is 22.9. The minimum Gasteiger partial charge on any atom is -0.410 e. The average Bonchev–Trinajstić information content (AvgIpc) is 3.39. The number of ether oxygens (including phenoxy) is 1. The number of amides is 1. The standard InChI is InChI=1S/C23H18F3N5O2/c24-14-6-7-18(26)17(10-14)20-11-15(25)13-30(20)21-8-9-31-22(29-21)19(12-27-31)28-23(32)33-16-4-2-1-3-5-16/h1-10,12,15,20H,11,13H2,(H,28,32)/t15-,20+/m0/s1. The Balaban J connectivity index is 1.44. The van der Waals surface area contributed by atoms with E-state index in [4.69, 9.17) is 4.74 Å². The molecule has 0 unspecified atom stereocenters. The first-order chi connectivity index (χ1) is 16.0. The molecule has 1 amide bonds. The largest absolute Gasteiger partial charge is 0.417 e. The van der Waals surface area contributed by atoms with E-state index in [0.717, 1.165) is 18.2 Å². The molecule has 1 fully saturated rings. The van der Waals surface area contributed by atoms with Gasteiger partial charge in [0.25, 0.3) is 0 Å². The zero-order valence-corrected chi connectivity index (χ0v) is 17.2. The van der Waals surface area contributed by atoms with Gasteiger partial charge in [-0.3, -0.25) is 5.32 Å². The van der Waals surface area contributed by atoms with Crippen LogP contribution in [0.4, 0.5) is 29.5 Å². The highest BCUT2D eigenvalue weighted by atomic mass is 19.1. The van der Waals surface area contributed by atoms with E-state index in [1.54, 1.807) is 47.5 Å². The molecule has 33 heavy (non-hydrogen) atoms. The summed E-state index contributed by atoms with van der Waals surface area (Å²) in [6.45, 7) is -0.0310. The van der Waals surface area contributed by atoms with Crippen LogP contribution in [0.1, 0.15) is 18.0 Å². The van der Waals surface area contributed by atoms with Crippen LogP contribution in [0.3, 0.4) is 0 Å². The maximum Gasteiger partial charge on any atom is 0.417 e. The molecule has 3 heterocycles. The van der Waals surface area contributed by atoms with Crippen molar-refractivity contribution in [2.75, 3.05) is 16.8 Å². The van der Waals surface area contributed by atoms with E-state index in [2.05, 4.69) is 15.4 Å². The fourth-order valence-electron chi connectivity index (χ4n) is 3.94. The fraction of sp³-hybridized carbons (Fsp3) is 0.174. The molecule has 0 aliphatic carbocycles. The van der Waals surface area contributed by atoms with Crippen LogP contribution in [0.15, 0.2) is 67.0 Å². The molecule has 2 aromatic carbocycles. The van der Waals surface area contributed by atoms with Crippen LogP contribution < -0.4 is 15.0 Å². The molecule has 10 heteroatoms. The number of rotatable bonds is 4. The number of fused-ring (bicyclic) bond motifs is 1. The molecule has 1 N–H and O–H groups in total. The Labute approximate surface area is 186 Å². The van der Waals surface area contributed by atoms with E-state index in [0.29, 0.717) is 17.2 Å². The Morgan fingerprint density at radius 1 is 1.12 bits per heavy atom. The molecular formula is C23H18F3N5O2. The lowest BCUT2D eigenvalue weighted by atomic mass is 10.0. The third kappa shape index (κ3) is 4.19. The molecular weight excluding hydrogens is 435 g/mol. The molecule has 0 saturated carbocycles. The molecule has 1 aliphatic heterocycles. The van der Waals surface area contributed by atoms with Crippen LogP contribution in [0, 0.1) is 11.6 Å². The number of nitrogens with one attached hydrogen (secondary N) is 1. The van der Waals surface area contributed by atoms with Gasteiger partial charge in [-0.25, -0.2) is 27.5 Å². The third-order valence-corrected chi connectivity index (χ3v) is 5.41. The van der Waals surface area contributed by atoms with E-state index < -0.39 is 29.9 Å². The van der Waals surface area contributed by atoms with Gasteiger partial charge >= 0.3 is 6.09 Å². The van der Waals surface area contributed by atoms with Crippen molar-refractivity contribution in [2.24, 2.45) is 0 Å². The molecule has 1 saturated heterocycles. The Bertz CT molecular complexity index is 1310. The molecule has 2 aromatic heterocycles. The Kier molecular flexibility index (Phi) is 5.33. The van der Waals surface area contributed by atoms with Crippen molar-refractivity contribution in [1.82, 2.24) is 14.6 Å². The second-order valence-corrected chi connectivity index (χ2v) is 7.61. The lowest BCUT2D eigenvalue weighted by Crippen LogP contribution is -2.25. The van der Waals surface area contributed by atoms with Gasteiger partial charge in [0.2, 0.25) is 0 Å². The number of aromatic nitrogens is 3. The number of alkyl halides is 1. The van der Waals surface area contributed by atoms with Crippen LogP contribution in [-0.2, 0) is 0 Å². The summed E-state index contributed by atoms with van der Waals surface area (Å²) in [5, 5.41) is 6.74. The van der Waals surface area contributed by atoms with Crippen molar-refractivity contribution < 1.29 is 22.7 Å². The predicted octanol–water partition coefficient (Wildman–Crippen LogP) is 4.91. The number of hydrogen-bond donors (Lipinski definition) is 1. The molecule has 5 rings (SSSR count). The molecule has 0 radical (unpaired) electrons. The topological polar surface area (TPSA) is 71.8 Å². The Morgan fingerprint density at radius 3 is 2.76 bits per heavy atom. The van der Waals surface area contributed by atoms with Crippen LogP contribution in [0.5, 0.6) is 5.75 Å². The number of hydrogen-bond acceptors (Lipinski definition) is 5. The predicted molar refractivity (Wildman–Crippen MR) is 115 cm³/mol. The van der Waals surface area contributed by atoms with Gasteiger partial charge < -0.3 is 9.64 Å². The first-order valence-electron chi connectivity index (χ1n) is 10.2. The molecule has 2 atom stereocenters. The smallest absolute Gasteiger partial charge is 0.410 e. The summed E-state index contributed by atoms with van der Waals surface area (Å²) in [5.74, 6) is -0.504. The van der Waals surface area contributed by atoms with Crippen molar-refractivity contribution in [3.63, 3.8) is 0 Å². The Morgan fingerprint density at radius 2 is 1.94 bits per heavy atom. The quantitative estimate of drug-likeness (QED) is 0.476. The third-order valence-electron chi connectivity index (χ3n) is 5.41. The van der Waals surface area contributed by atoms with Crippen LogP contribution >= 0.6 is 0 Å². The number of para-hydroxylation sites is 1. The summed E-state index contributed by atoms with van der Waals surface area (Å²) in [6, 6.07) is 12.5. The van der Waals surface area contributed by atoms with Crippen molar-refractivity contribution in [3.05, 3.63) is 84.2 Å². The van der Waals surface area contributed by atoms with Crippen LogP contribution in [0.25, 0.3) is 5.65 Å². The highest BCUT2D eigenvalue weighted by molar-refractivity contribution is 5.90. The SMILES string of the molecule is O=C(Nc1cnn2ccc(N3C[C@@H](F)C[C@@H]3c3cc(F)ccc3F)nc12)Oc1ccccc1. The highest BCUT2D eigenvalue weighted by Gasteiger charge is 2.36. The fourth-order valence-corrected chi connectivity index (χ4v) is 3.94. The first kappa shape index (κ1) is 20.8. The van der Waals surface area contributed by atoms with Crippen molar-refractivity contribution >= 4 is 23.2 Å². The number of benzene rings is 2. The van der Waals surface area contributed by atoms with Gasteiger partial charge in [-0.05, 0) is 36.4 Å². The molecule has 1 aliphatic rings. The Hall–Kier alpha value is -4.08. The molecule has 4 aromatic rings. The van der Waals surface area contributed by atoms with Crippen molar-refractivity contribution in [2.45, 2.75) is 18.6 Å². The van der Waals surface area contributed by atoms with Gasteiger partial charge in [-0.15, -0.1) is 0 Å². The number of nitrogens with zero attached hydrogens (tertiary/aromatic N) is 4. The monoisotopic (exact) mass is 453 g/mol. The van der Waals surface area contributed by atoms with Gasteiger partial charge in [-0.1, -0.05) is 18.2 Å². The average molecular weight is 453 g/mol. The van der Waals surface area contributed by atoms with Gasteiger partial charge in [0.1, 0.15) is 35.1 Å². The summed E-state index contributed by atoms with van der Waals surface area (Å²) < 4.78 is 49.2. The maximum absolute atomic E-state index is 14.4. The molecule has 0 bridgehead atoms. The van der Waals surface area contributed by atoms with Crippen LogP contribution in [-0.4, -0.2) is 33.4 Å². The number of anilines is 2. The van der Waals surface area contributed by atoms with E-state index in [-0.39, 0.29) is 24.2 Å². The summed E-state index contributed by atoms with van der Waals surface area (Å²) in [5.41, 5.74) is 0.635. The second-order valence-electron chi connectivity index (χ2n) is 7.61. The highest BCUT2D eigenvalue weighted by Crippen LogP contribution is 2.38. The summed E-state index contributed by atoms with van der Waals surface area (Å²) in [7, 11) is 0. The minimum atomic E-state index is -1.24. The van der Waals surface area contributed by atoms with Gasteiger partial charge in [0.05, 0.1) is 18.8 Å². The first-order valence-corrected chi connectivity index (χ1v) is 10.2. The molecule has 168 valence electrons. The summed E-state index contributed by atoms with van der Waals surface area (Å²) >= 11 is 0. The number of carbonyl (C=O) groups excluding carboxylic acids is 1. The number of halogens is 3. The van der Waals surface area contributed by atoms with Crippen molar-refractivity contribution in [3.8, 4) is 5.75 Å². The van der Waals surface area contributed by atoms with Gasteiger partial charge in [-0.2, -0.15) is 5.10 Å². The molecule has 7 nitrogen and oxygen atoms in total. The van der Waals surface area contributed by atoms with Gasteiger partial charge in [0.15, 0.2) is 5.65 Å². The van der Waals surface area contributed by atoms with E-state index in [9.17, 15) is 18.0 Å². The minimum absolute atomic E-state index is 0.000996. The zero-order valence-electron chi connectivity index (χ0n) is 17.2. The van der Waals surface area contributed by atoms with Crippen molar-refractivity contribution in [1.29, 1.82) is 0 Å². The maximum atomic E-state index is 14.4. The lowest BCUT2D eigenvalue weighted by Gasteiger charge is -2.26. The van der Waals surface area contributed by atoms with E-state index >= 15 is 0 Å².